The van der Waals surface area contributed by atoms with E-state index in [1.54, 1.807) is 0 Å². The quantitative estimate of drug-likeness (QED) is 0.670. The van der Waals surface area contributed by atoms with E-state index in [1.807, 2.05) is 0 Å². The Morgan fingerprint density at radius 1 is 1.05 bits per heavy atom. The van der Waals surface area contributed by atoms with E-state index < -0.39 is 0 Å². The Morgan fingerprint density at radius 2 is 1.90 bits per heavy atom. The molecule has 0 saturated carbocycles. The molecule has 1 aliphatic rings. The minimum absolute atomic E-state index is 0.905. The molecule has 104 valence electrons. The predicted octanol–water partition coefficient (Wildman–Crippen LogP) is 5.36. The van der Waals surface area contributed by atoms with Crippen LogP contribution in [0.5, 0.6) is 0 Å². The van der Waals surface area contributed by atoms with Crippen LogP contribution in [0, 0.1) is 6.92 Å². The van der Waals surface area contributed by atoms with Crippen molar-refractivity contribution in [3.05, 3.63) is 59.2 Å². The molecular weight excluding hydrogens is 310 g/mol. The van der Waals surface area contributed by atoms with E-state index in [-0.39, 0.29) is 0 Å². The molecule has 20 heavy (non-hydrogen) atoms. The highest BCUT2D eigenvalue weighted by Gasteiger charge is 2.18. The Balaban J connectivity index is 2.10. The molecular formula is C18H20BrN. The zero-order chi connectivity index (χ0) is 13.9. The molecule has 0 aliphatic carbocycles. The average Bonchev–Trinajstić information content (AvgIpc) is 2.69. The SMILES string of the molecule is Cc1ccc(N2CCCCc3ccccc32)c(CBr)c1. The second-order valence-electron chi connectivity index (χ2n) is 5.50. The summed E-state index contributed by atoms with van der Waals surface area (Å²) in [4.78, 5) is 2.50. The third-order valence-electron chi connectivity index (χ3n) is 4.03. The molecule has 0 fully saturated rings. The van der Waals surface area contributed by atoms with Gasteiger partial charge in [-0.1, -0.05) is 51.8 Å². The fourth-order valence-electron chi connectivity index (χ4n) is 3.03. The van der Waals surface area contributed by atoms with Crippen LogP contribution >= 0.6 is 15.9 Å². The molecule has 0 N–H and O–H groups in total. The molecule has 0 bridgehead atoms. The molecule has 0 spiro atoms. The number of hydrogen-bond acceptors (Lipinski definition) is 1. The number of hydrogen-bond donors (Lipinski definition) is 0. The molecule has 0 saturated heterocycles. The number of fused-ring (bicyclic) bond motifs is 1. The van der Waals surface area contributed by atoms with Gasteiger partial charge in [-0.05, 0) is 49.4 Å². The van der Waals surface area contributed by atoms with Gasteiger partial charge >= 0.3 is 0 Å². The molecule has 0 amide bonds. The first-order valence-corrected chi connectivity index (χ1v) is 8.42. The fraction of sp³-hybridized carbons (Fsp3) is 0.333. The van der Waals surface area contributed by atoms with Crippen LogP contribution in [0.3, 0.4) is 0 Å². The average molecular weight is 330 g/mol. The van der Waals surface area contributed by atoms with Gasteiger partial charge in [0.1, 0.15) is 0 Å². The maximum absolute atomic E-state index is 3.64. The van der Waals surface area contributed by atoms with Crippen molar-refractivity contribution in [2.75, 3.05) is 11.4 Å². The minimum atomic E-state index is 0.905. The van der Waals surface area contributed by atoms with Crippen LogP contribution in [0.15, 0.2) is 42.5 Å². The van der Waals surface area contributed by atoms with Gasteiger partial charge in [0.25, 0.3) is 0 Å². The van der Waals surface area contributed by atoms with Crippen LogP contribution < -0.4 is 4.90 Å². The lowest BCUT2D eigenvalue weighted by Crippen LogP contribution is -2.19. The molecule has 1 aliphatic heterocycles. The molecule has 3 rings (SSSR count). The standard InChI is InChI=1S/C18H20BrN/c1-14-9-10-18(16(12-14)13-19)20-11-5-4-7-15-6-2-3-8-17(15)20/h2-3,6,8-10,12H,4-5,7,11,13H2,1H3. The summed E-state index contributed by atoms with van der Waals surface area (Å²) in [5, 5.41) is 0.905. The van der Waals surface area contributed by atoms with Crippen LogP contribution in [-0.4, -0.2) is 6.54 Å². The number of halogens is 1. The van der Waals surface area contributed by atoms with Gasteiger partial charge in [-0.2, -0.15) is 0 Å². The van der Waals surface area contributed by atoms with E-state index in [1.165, 1.54) is 47.3 Å². The number of anilines is 2. The van der Waals surface area contributed by atoms with Gasteiger partial charge in [-0.15, -0.1) is 0 Å². The fourth-order valence-corrected chi connectivity index (χ4v) is 3.48. The minimum Gasteiger partial charge on any atom is -0.341 e. The van der Waals surface area contributed by atoms with E-state index in [0.717, 1.165) is 11.9 Å². The van der Waals surface area contributed by atoms with Crippen molar-refractivity contribution in [1.29, 1.82) is 0 Å². The molecule has 2 aromatic rings. The third-order valence-corrected chi connectivity index (χ3v) is 4.63. The van der Waals surface area contributed by atoms with E-state index >= 15 is 0 Å². The van der Waals surface area contributed by atoms with Crippen LogP contribution in [0.4, 0.5) is 11.4 Å². The highest BCUT2D eigenvalue weighted by molar-refractivity contribution is 9.08. The summed E-state index contributed by atoms with van der Waals surface area (Å²) in [6.45, 7) is 3.27. The van der Waals surface area contributed by atoms with Gasteiger partial charge in [0.05, 0.1) is 0 Å². The largest absolute Gasteiger partial charge is 0.341 e. The highest BCUT2D eigenvalue weighted by atomic mass is 79.9. The maximum atomic E-state index is 3.64. The molecule has 0 unspecified atom stereocenters. The number of aryl methyl sites for hydroxylation is 2. The van der Waals surface area contributed by atoms with Crippen molar-refractivity contribution in [1.82, 2.24) is 0 Å². The molecule has 0 aromatic heterocycles. The van der Waals surface area contributed by atoms with Gasteiger partial charge in [0.15, 0.2) is 0 Å². The molecule has 0 atom stereocenters. The van der Waals surface area contributed by atoms with Crippen molar-refractivity contribution in [3.8, 4) is 0 Å². The monoisotopic (exact) mass is 329 g/mol. The Kier molecular flexibility index (Phi) is 4.11. The maximum Gasteiger partial charge on any atom is 0.0452 e. The van der Waals surface area contributed by atoms with E-state index in [9.17, 15) is 0 Å². The second kappa shape index (κ2) is 6.01. The summed E-state index contributed by atoms with van der Waals surface area (Å²) >= 11 is 3.64. The number of para-hydroxylation sites is 1. The van der Waals surface area contributed by atoms with Gasteiger partial charge in [-0.25, -0.2) is 0 Å². The normalized spacial score (nSPS) is 14.8. The molecule has 0 radical (unpaired) electrons. The third kappa shape index (κ3) is 2.62. The Hall–Kier alpha value is -1.28. The number of rotatable bonds is 2. The van der Waals surface area contributed by atoms with Crippen molar-refractivity contribution in [2.45, 2.75) is 31.5 Å². The lowest BCUT2D eigenvalue weighted by molar-refractivity contribution is 0.760. The molecule has 1 heterocycles. The summed E-state index contributed by atoms with van der Waals surface area (Å²) in [5.41, 5.74) is 6.91. The van der Waals surface area contributed by atoms with E-state index in [4.69, 9.17) is 0 Å². The molecule has 1 nitrogen and oxygen atoms in total. The van der Waals surface area contributed by atoms with Crippen LogP contribution in [0.2, 0.25) is 0 Å². The Labute approximate surface area is 129 Å². The van der Waals surface area contributed by atoms with Crippen molar-refractivity contribution >= 4 is 27.3 Å². The number of alkyl halides is 1. The zero-order valence-corrected chi connectivity index (χ0v) is 13.5. The summed E-state index contributed by atoms with van der Waals surface area (Å²) in [7, 11) is 0. The first-order chi connectivity index (χ1) is 9.79. The van der Waals surface area contributed by atoms with Crippen molar-refractivity contribution in [2.24, 2.45) is 0 Å². The lowest BCUT2D eigenvalue weighted by atomic mass is 10.1. The summed E-state index contributed by atoms with van der Waals surface area (Å²) in [5.74, 6) is 0. The van der Waals surface area contributed by atoms with Crippen LogP contribution in [0.25, 0.3) is 0 Å². The topological polar surface area (TPSA) is 3.24 Å². The summed E-state index contributed by atoms with van der Waals surface area (Å²) in [6, 6.07) is 15.6. The van der Waals surface area contributed by atoms with Gasteiger partial charge in [-0.3, -0.25) is 0 Å². The Bertz CT molecular complexity index is 606. The molecule has 2 heteroatoms. The first-order valence-electron chi connectivity index (χ1n) is 7.30. The molecule has 2 aromatic carbocycles. The smallest absolute Gasteiger partial charge is 0.0452 e. The zero-order valence-electron chi connectivity index (χ0n) is 11.9. The number of benzene rings is 2. The van der Waals surface area contributed by atoms with Gasteiger partial charge in [0, 0.05) is 23.2 Å². The predicted molar refractivity (Wildman–Crippen MR) is 90.2 cm³/mol. The van der Waals surface area contributed by atoms with Gasteiger partial charge < -0.3 is 4.90 Å². The van der Waals surface area contributed by atoms with E-state index in [0.29, 0.717) is 0 Å². The highest BCUT2D eigenvalue weighted by Crippen LogP contribution is 2.35. The summed E-state index contributed by atoms with van der Waals surface area (Å²) in [6.07, 6.45) is 3.73. The van der Waals surface area contributed by atoms with Crippen molar-refractivity contribution in [3.63, 3.8) is 0 Å². The first kappa shape index (κ1) is 13.7. The lowest BCUT2D eigenvalue weighted by Gasteiger charge is -2.27. The van der Waals surface area contributed by atoms with Crippen molar-refractivity contribution < 1.29 is 0 Å². The van der Waals surface area contributed by atoms with Crippen LogP contribution in [-0.2, 0) is 11.8 Å². The summed E-state index contributed by atoms with van der Waals surface area (Å²) < 4.78 is 0. The Morgan fingerprint density at radius 3 is 2.75 bits per heavy atom. The van der Waals surface area contributed by atoms with E-state index in [2.05, 4.69) is 70.2 Å². The van der Waals surface area contributed by atoms with Gasteiger partial charge in [0.2, 0.25) is 0 Å². The second-order valence-corrected chi connectivity index (χ2v) is 6.06. The van der Waals surface area contributed by atoms with Crippen LogP contribution in [0.1, 0.15) is 29.5 Å². The number of nitrogens with zero attached hydrogens (tertiary/aromatic N) is 1.